The van der Waals surface area contributed by atoms with E-state index in [2.05, 4.69) is 48.1 Å². The first-order valence-corrected chi connectivity index (χ1v) is 6.59. The third-order valence-corrected chi connectivity index (χ3v) is 3.63. The van der Waals surface area contributed by atoms with Crippen molar-refractivity contribution in [3.8, 4) is 5.88 Å². The molecule has 88 valence electrons. The van der Waals surface area contributed by atoms with Crippen LogP contribution in [0.3, 0.4) is 0 Å². The number of halogens is 2. The highest BCUT2D eigenvalue weighted by molar-refractivity contribution is 9.10. The molecule has 0 atom stereocenters. The highest BCUT2D eigenvalue weighted by Crippen LogP contribution is 2.24. The van der Waals surface area contributed by atoms with Crippen LogP contribution in [-0.2, 0) is 6.42 Å². The van der Waals surface area contributed by atoms with Crippen LogP contribution in [0.15, 0.2) is 39.3 Å². The summed E-state index contributed by atoms with van der Waals surface area (Å²) in [6.45, 7) is 0. The lowest BCUT2D eigenvalue weighted by Gasteiger charge is -2.05. The predicted molar refractivity (Wildman–Crippen MR) is 73.2 cm³/mol. The quantitative estimate of drug-likeness (QED) is 0.841. The molecule has 1 aromatic carbocycles. The molecule has 17 heavy (non-hydrogen) atoms. The van der Waals surface area contributed by atoms with Gasteiger partial charge in [0.1, 0.15) is 0 Å². The minimum absolute atomic E-state index is 0.501. The van der Waals surface area contributed by atoms with Gasteiger partial charge in [0.05, 0.1) is 17.3 Å². The van der Waals surface area contributed by atoms with Gasteiger partial charge in [-0.25, -0.2) is 0 Å². The van der Waals surface area contributed by atoms with Gasteiger partial charge < -0.3 is 4.74 Å². The Morgan fingerprint density at radius 2 is 1.88 bits per heavy atom. The van der Waals surface area contributed by atoms with Crippen LogP contribution in [0.1, 0.15) is 11.3 Å². The van der Waals surface area contributed by atoms with Crippen LogP contribution < -0.4 is 4.74 Å². The molecule has 0 amide bonds. The molecule has 5 heteroatoms. The Kier molecular flexibility index (Phi) is 4.12. The van der Waals surface area contributed by atoms with Gasteiger partial charge in [-0.1, -0.05) is 34.1 Å². The summed E-state index contributed by atoms with van der Waals surface area (Å²) in [5, 5.41) is 8.11. The molecular formula is C12H10Br2N2O. The Bertz CT molecular complexity index is 532. The second kappa shape index (κ2) is 5.60. The molecular weight excluding hydrogens is 348 g/mol. The largest absolute Gasteiger partial charge is 0.479 e. The molecule has 0 spiro atoms. The lowest BCUT2D eigenvalue weighted by Crippen LogP contribution is -1.98. The van der Waals surface area contributed by atoms with Crippen molar-refractivity contribution in [3.05, 3.63) is 50.5 Å². The first-order chi connectivity index (χ1) is 8.20. The van der Waals surface area contributed by atoms with Crippen molar-refractivity contribution in [1.82, 2.24) is 10.2 Å². The highest BCUT2D eigenvalue weighted by Gasteiger charge is 2.07. The van der Waals surface area contributed by atoms with Crippen LogP contribution in [0.25, 0.3) is 0 Å². The van der Waals surface area contributed by atoms with Crippen LogP contribution in [0.5, 0.6) is 5.88 Å². The van der Waals surface area contributed by atoms with Gasteiger partial charge in [-0.2, -0.15) is 5.10 Å². The van der Waals surface area contributed by atoms with E-state index >= 15 is 0 Å². The minimum Gasteiger partial charge on any atom is -0.479 e. The molecule has 0 aliphatic heterocycles. The predicted octanol–water partition coefficient (Wildman–Crippen LogP) is 3.60. The molecule has 2 rings (SSSR count). The number of methoxy groups -OCH3 is 1. The number of aromatic nitrogens is 2. The third-order valence-electron chi connectivity index (χ3n) is 2.29. The normalized spacial score (nSPS) is 10.3. The van der Waals surface area contributed by atoms with E-state index in [1.54, 1.807) is 7.11 Å². The van der Waals surface area contributed by atoms with Gasteiger partial charge in [0.25, 0.3) is 0 Å². The molecule has 0 N–H and O–H groups in total. The number of rotatable bonds is 3. The Hall–Kier alpha value is -0.940. The summed E-state index contributed by atoms with van der Waals surface area (Å²) in [6, 6.07) is 9.99. The molecule has 0 aliphatic rings. The average molecular weight is 358 g/mol. The minimum atomic E-state index is 0.501. The summed E-state index contributed by atoms with van der Waals surface area (Å²) in [6.07, 6.45) is 0.733. The number of nitrogens with zero attached hydrogens (tertiary/aromatic N) is 2. The van der Waals surface area contributed by atoms with Crippen LogP contribution >= 0.6 is 31.9 Å². The maximum Gasteiger partial charge on any atom is 0.247 e. The Balaban J connectivity index is 2.25. The molecule has 0 fully saturated rings. The summed E-state index contributed by atoms with van der Waals surface area (Å²) < 4.78 is 6.94. The van der Waals surface area contributed by atoms with E-state index in [0.29, 0.717) is 5.88 Å². The summed E-state index contributed by atoms with van der Waals surface area (Å²) in [5.74, 6) is 0.501. The Morgan fingerprint density at radius 3 is 2.53 bits per heavy atom. The molecule has 0 bridgehead atoms. The zero-order chi connectivity index (χ0) is 12.3. The highest BCUT2D eigenvalue weighted by atomic mass is 79.9. The molecule has 1 heterocycles. The topological polar surface area (TPSA) is 35.0 Å². The van der Waals surface area contributed by atoms with Crippen LogP contribution in [0.2, 0.25) is 0 Å². The molecule has 0 saturated heterocycles. The lowest BCUT2D eigenvalue weighted by molar-refractivity contribution is 0.388. The smallest absolute Gasteiger partial charge is 0.247 e. The molecule has 0 unspecified atom stereocenters. The van der Waals surface area contributed by atoms with E-state index in [1.807, 2.05) is 24.3 Å². The van der Waals surface area contributed by atoms with Crippen molar-refractivity contribution in [2.45, 2.75) is 6.42 Å². The second-order valence-electron chi connectivity index (χ2n) is 3.46. The van der Waals surface area contributed by atoms with Crippen molar-refractivity contribution in [1.29, 1.82) is 0 Å². The van der Waals surface area contributed by atoms with Crippen LogP contribution in [-0.4, -0.2) is 17.3 Å². The number of benzene rings is 1. The van der Waals surface area contributed by atoms with Gasteiger partial charge in [-0.05, 0) is 33.6 Å². The SMILES string of the molecule is COc1nnc(Cc2ccccc2Br)cc1Br. The first-order valence-electron chi connectivity index (χ1n) is 5.00. The van der Waals surface area contributed by atoms with E-state index in [0.717, 1.165) is 21.1 Å². The summed E-state index contributed by atoms with van der Waals surface area (Å²) in [4.78, 5) is 0. The van der Waals surface area contributed by atoms with Gasteiger partial charge in [0.2, 0.25) is 5.88 Å². The zero-order valence-corrected chi connectivity index (χ0v) is 12.3. The van der Waals surface area contributed by atoms with E-state index in [-0.39, 0.29) is 0 Å². The van der Waals surface area contributed by atoms with Crippen LogP contribution in [0.4, 0.5) is 0 Å². The molecule has 1 aromatic heterocycles. The zero-order valence-electron chi connectivity index (χ0n) is 9.15. The average Bonchev–Trinajstić information content (AvgIpc) is 2.32. The standard InChI is InChI=1S/C12H10Br2N2O/c1-17-12-11(14)7-9(15-16-12)6-8-4-2-3-5-10(8)13/h2-5,7H,6H2,1H3. The van der Waals surface area contributed by atoms with Crippen LogP contribution in [0, 0.1) is 0 Å². The fraction of sp³-hybridized carbons (Fsp3) is 0.167. The number of hydrogen-bond acceptors (Lipinski definition) is 3. The van der Waals surface area contributed by atoms with Gasteiger partial charge >= 0.3 is 0 Å². The molecule has 0 saturated carbocycles. The van der Waals surface area contributed by atoms with Crippen molar-refractivity contribution < 1.29 is 4.74 Å². The maximum atomic E-state index is 5.04. The van der Waals surface area contributed by atoms with Crippen molar-refractivity contribution in [3.63, 3.8) is 0 Å². The van der Waals surface area contributed by atoms with Gasteiger partial charge in [0.15, 0.2) is 0 Å². The molecule has 2 aromatic rings. The van der Waals surface area contributed by atoms with E-state index in [1.165, 1.54) is 5.56 Å². The second-order valence-corrected chi connectivity index (χ2v) is 5.17. The summed E-state index contributed by atoms with van der Waals surface area (Å²) >= 11 is 6.92. The lowest BCUT2D eigenvalue weighted by atomic mass is 10.1. The summed E-state index contributed by atoms with van der Waals surface area (Å²) in [7, 11) is 1.57. The fourth-order valence-electron chi connectivity index (χ4n) is 1.46. The first kappa shape index (κ1) is 12.5. The van der Waals surface area contributed by atoms with Crippen molar-refractivity contribution >= 4 is 31.9 Å². The third kappa shape index (κ3) is 3.04. The van der Waals surface area contributed by atoms with Gasteiger partial charge in [-0.15, -0.1) is 5.10 Å². The number of ether oxygens (including phenoxy) is 1. The summed E-state index contributed by atoms with van der Waals surface area (Å²) in [5.41, 5.74) is 2.07. The Morgan fingerprint density at radius 1 is 1.12 bits per heavy atom. The molecule has 3 nitrogen and oxygen atoms in total. The van der Waals surface area contributed by atoms with E-state index < -0.39 is 0 Å². The molecule has 0 radical (unpaired) electrons. The monoisotopic (exact) mass is 356 g/mol. The fourth-order valence-corrected chi connectivity index (χ4v) is 2.39. The van der Waals surface area contributed by atoms with Gasteiger partial charge in [0, 0.05) is 10.9 Å². The molecule has 0 aliphatic carbocycles. The Labute approximate surface area is 116 Å². The van der Waals surface area contributed by atoms with Crippen molar-refractivity contribution in [2.75, 3.05) is 7.11 Å². The van der Waals surface area contributed by atoms with Crippen molar-refractivity contribution in [2.24, 2.45) is 0 Å². The maximum absolute atomic E-state index is 5.04. The van der Waals surface area contributed by atoms with E-state index in [9.17, 15) is 0 Å². The number of hydrogen-bond donors (Lipinski definition) is 0. The van der Waals surface area contributed by atoms with E-state index in [4.69, 9.17) is 4.74 Å². The van der Waals surface area contributed by atoms with Gasteiger partial charge in [-0.3, -0.25) is 0 Å².